The van der Waals surface area contributed by atoms with Crippen LogP contribution in [0.5, 0.6) is 11.5 Å². The predicted octanol–water partition coefficient (Wildman–Crippen LogP) is 7.85. The van der Waals surface area contributed by atoms with Crippen molar-refractivity contribution in [2.45, 2.75) is 50.4 Å². The molecule has 0 saturated heterocycles. The number of hydrogen-bond donors (Lipinski definition) is 3. The lowest BCUT2D eigenvalue weighted by Gasteiger charge is -2.24. The minimum atomic E-state index is -1.19. The molecule has 10 nitrogen and oxygen atoms in total. The summed E-state index contributed by atoms with van der Waals surface area (Å²) in [5.41, 5.74) is 1.32. The van der Waals surface area contributed by atoms with E-state index in [1.165, 1.54) is 12.1 Å². The molecule has 2 amide bonds. The van der Waals surface area contributed by atoms with Crippen LogP contribution in [0.25, 0.3) is 0 Å². The number of aliphatic carboxylic acids is 1. The highest BCUT2D eigenvalue weighted by Gasteiger charge is 2.42. The van der Waals surface area contributed by atoms with Gasteiger partial charge in [-0.2, -0.15) is 0 Å². The summed E-state index contributed by atoms with van der Waals surface area (Å²) in [6.45, 7) is -0.555. The Morgan fingerprint density at radius 3 is 1.69 bits per heavy atom. The maximum absolute atomic E-state index is 13.7. The van der Waals surface area contributed by atoms with Crippen molar-refractivity contribution in [3.8, 4) is 11.5 Å². The predicted molar refractivity (Wildman–Crippen MR) is 204 cm³/mol. The van der Waals surface area contributed by atoms with Crippen LogP contribution in [0.2, 0.25) is 20.1 Å². The molecule has 2 aliphatic rings. The molecule has 4 aromatic carbocycles. The van der Waals surface area contributed by atoms with Gasteiger partial charge in [0, 0.05) is 34.1 Å². The van der Waals surface area contributed by atoms with E-state index >= 15 is 0 Å². The van der Waals surface area contributed by atoms with E-state index in [0.717, 1.165) is 0 Å². The second-order valence-corrected chi connectivity index (χ2v) is 14.7. The van der Waals surface area contributed by atoms with Crippen LogP contribution in [0.1, 0.15) is 63.9 Å². The second kappa shape index (κ2) is 17.2. The number of rotatable bonds is 13. The van der Waals surface area contributed by atoms with Crippen molar-refractivity contribution in [1.82, 2.24) is 10.6 Å². The number of carbonyl (C=O) groups is 5. The van der Waals surface area contributed by atoms with Gasteiger partial charge in [0.25, 0.3) is 0 Å². The zero-order chi connectivity index (χ0) is 38.5. The molecule has 0 spiro atoms. The first-order valence-corrected chi connectivity index (χ1v) is 18.7. The van der Waals surface area contributed by atoms with E-state index in [1.807, 2.05) is 6.07 Å². The summed E-state index contributed by atoms with van der Waals surface area (Å²) in [5, 5.41) is 14.7. The molecule has 0 bridgehead atoms. The molecule has 0 aliphatic heterocycles. The van der Waals surface area contributed by atoms with Gasteiger partial charge in [0.2, 0.25) is 11.8 Å². The first-order valence-electron chi connectivity index (χ1n) is 17.2. The third kappa shape index (κ3) is 8.84. The van der Waals surface area contributed by atoms with Gasteiger partial charge in [-0.1, -0.05) is 107 Å². The monoisotopic (exact) mass is 810 g/mol. The zero-order valence-electron chi connectivity index (χ0n) is 28.5. The number of benzene rings is 4. The Morgan fingerprint density at radius 2 is 1.15 bits per heavy atom. The van der Waals surface area contributed by atoms with Gasteiger partial charge in [-0.25, -0.2) is 0 Å². The second-order valence-electron chi connectivity index (χ2n) is 13.2. The summed E-state index contributed by atoms with van der Waals surface area (Å²) in [5.74, 6) is -3.21. The first kappa shape index (κ1) is 39.1. The van der Waals surface area contributed by atoms with Crippen LogP contribution in [0.3, 0.4) is 0 Å². The van der Waals surface area contributed by atoms with Crippen molar-refractivity contribution < 1.29 is 38.6 Å². The van der Waals surface area contributed by atoms with Crippen molar-refractivity contribution in [3.63, 3.8) is 0 Å². The third-order valence-corrected chi connectivity index (χ3v) is 11.3. The van der Waals surface area contributed by atoms with Crippen molar-refractivity contribution in [2.75, 3.05) is 6.54 Å². The summed E-state index contributed by atoms with van der Waals surface area (Å²) in [4.78, 5) is 63.8. The number of ketones is 2. The van der Waals surface area contributed by atoms with Crippen LogP contribution in [0.4, 0.5) is 0 Å². The molecule has 4 aromatic rings. The highest BCUT2D eigenvalue weighted by atomic mass is 35.5. The van der Waals surface area contributed by atoms with Crippen LogP contribution in [-0.4, -0.2) is 59.3 Å². The van der Waals surface area contributed by atoms with E-state index in [0.29, 0.717) is 36.1 Å². The van der Waals surface area contributed by atoms with Gasteiger partial charge in [0.05, 0.1) is 22.2 Å². The van der Waals surface area contributed by atoms with Crippen molar-refractivity contribution in [2.24, 2.45) is 11.8 Å². The quantitative estimate of drug-likeness (QED) is 0.116. The highest BCUT2D eigenvalue weighted by molar-refractivity contribution is 6.46. The molecule has 2 fully saturated rings. The third-order valence-electron chi connectivity index (χ3n) is 9.60. The fourth-order valence-electron chi connectivity index (χ4n) is 6.82. The molecule has 14 heteroatoms. The molecule has 0 heterocycles. The Morgan fingerprint density at radius 1 is 0.611 bits per heavy atom. The van der Waals surface area contributed by atoms with Gasteiger partial charge in [-0.3, -0.25) is 24.0 Å². The number of carboxylic acids is 1. The largest absolute Gasteiger partial charge is 0.489 e. The lowest BCUT2D eigenvalue weighted by molar-refractivity contribution is -0.138. The summed E-state index contributed by atoms with van der Waals surface area (Å²) in [7, 11) is 0. The Kier molecular flexibility index (Phi) is 12.5. The van der Waals surface area contributed by atoms with E-state index < -0.39 is 42.4 Å². The zero-order valence-corrected chi connectivity index (χ0v) is 31.6. The van der Waals surface area contributed by atoms with E-state index in [2.05, 4.69) is 10.6 Å². The lowest BCUT2D eigenvalue weighted by atomic mass is 10.0. The van der Waals surface area contributed by atoms with E-state index in [4.69, 9.17) is 61.0 Å². The minimum Gasteiger partial charge on any atom is -0.489 e. The number of nitrogens with one attached hydrogen (secondary N) is 2. The van der Waals surface area contributed by atoms with Gasteiger partial charge in [0.15, 0.2) is 11.6 Å². The number of carboxylic acid groups (broad SMARTS) is 1. The van der Waals surface area contributed by atoms with Crippen LogP contribution >= 0.6 is 46.4 Å². The van der Waals surface area contributed by atoms with Crippen LogP contribution in [0.15, 0.2) is 84.9 Å². The lowest BCUT2D eigenvalue weighted by Crippen LogP contribution is -2.44. The van der Waals surface area contributed by atoms with Crippen LogP contribution in [0, 0.1) is 11.8 Å². The van der Waals surface area contributed by atoms with E-state index in [-0.39, 0.29) is 73.4 Å². The fourth-order valence-corrected chi connectivity index (χ4v) is 7.72. The smallest absolute Gasteiger partial charge is 0.322 e. The Bertz CT molecular complexity index is 2080. The number of hydrogen-bond acceptors (Lipinski definition) is 7. The van der Waals surface area contributed by atoms with Gasteiger partial charge < -0.3 is 25.2 Å². The van der Waals surface area contributed by atoms with Gasteiger partial charge >= 0.3 is 5.97 Å². The van der Waals surface area contributed by atoms with Gasteiger partial charge in [-0.05, 0) is 56.4 Å². The van der Waals surface area contributed by atoms with Crippen molar-refractivity contribution in [3.05, 3.63) is 127 Å². The molecule has 54 heavy (non-hydrogen) atoms. The van der Waals surface area contributed by atoms with E-state index in [9.17, 15) is 24.0 Å². The van der Waals surface area contributed by atoms with Crippen LogP contribution < -0.4 is 20.1 Å². The average molecular weight is 813 g/mol. The molecule has 2 saturated carbocycles. The number of ether oxygens (including phenoxy) is 2. The minimum absolute atomic E-state index is 0.00526. The van der Waals surface area contributed by atoms with Crippen LogP contribution in [-0.2, 0) is 14.4 Å². The van der Waals surface area contributed by atoms with Gasteiger partial charge in [-0.15, -0.1) is 0 Å². The van der Waals surface area contributed by atoms with E-state index in [1.54, 1.807) is 66.7 Å². The molecule has 6 rings (SSSR count). The molecular weight excluding hydrogens is 778 g/mol. The number of halogens is 4. The summed E-state index contributed by atoms with van der Waals surface area (Å²) >= 11 is 26.2. The molecule has 280 valence electrons. The molecule has 0 aromatic heterocycles. The molecular formula is C40H34Cl4N2O8. The SMILES string of the molecule is O=C(O)CNC(=O)[C@H]1CC(NC(=O)[C@H]2CC[C@H](Oc3ccc(C(=O)c4ccccc4)c(Cl)c3Cl)C2)[C@@H](Oc2ccc(C(=O)c3ccccc3)c(Cl)c2Cl)C1. The normalized spacial score (nSPS) is 20.6. The highest BCUT2D eigenvalue weighted by Crippen LogP contribution is 2.41. The molecule has 1 unspecified atom stereocenters. The first-order chi connectivity index (χ1) is 25.9. The maximum atomic E-state index is 13.7. The van der Waals surface area contributed by atoms with Crippen molar-refractivity contribution in [1.29, 1.82) is 0 Å². The Balaban J connectivity index is 1.13. The molecule has 2 aliphatic carbocycles. The topological polar surface area (TPSA) is 148 Å². The number of amides is 2. The summed E-state index contributed by atoms with van der Waals surface area (Å²) in [6, 6.07) is 22.8. The maximum Gasteiger partial charge on any atom is 0.322 e. The molecule has 3 N–H and O–H groups in total. The fraction of sp³-hybridized carbons (Fsp3) is 0.275. The standard InChI is InChI=1S/C40H34Cl4N2O8/c41-33-26(37(49)21-7-3-1-4-8-21)13-15-29(35(33)43)53-25-12-11-23(17-25)40(52)46-28-18-24(39(51)45-20-32(47)48)19-31(28)54-30-16-14-27(34(42)36(30)44)38(50)22-9-5-2-6-10-22/h1-10,13-16,23-25,28,31H,11-12,17-20H2,(H,45,51)(H,46,52)(H,47,48)/t23-,24-,25-,28?,31-/m0/s1. The molecule has 0 radical (unpaired) electrons. The summed E-state index contributed by atoms with van der Waals surface area (Å²) in [6.07, 6.45) is 0.623. The average Bonchev–Trinajstić information content (AvgIpc) is 3.82. The summed E-state index contributed by atoms with van der Waals surface area (Å²) < 4.78 is 12.4. The molecule has 5 atom stereocenters. The number of carbonyl (C=O) groups excluding carboxylic acids is 4. The Labute approximate surface area is 331 Å². The van der Waals surface area contributed by atoms with Crippen molar-refractivity contribution >= 4 is 75.8 Å². The van der Waals surface area contributed by atoms with Gasteiger partial charge in [0.1, 0.15) is 34.2 Å². The Hall–Kier alpha value is -4.61.